The number of para-hydroxylation sites is 3. The summed E-state index contributed by atoms with van der Waals surface area (Å²) in [4.78, 5) is 0. The molecule has 3 N–H and O–H groups in total. The van der Waals surface area contributed by atoms with E-state index in [0.717, 1.165) is 44.3 Å². The van der Waals surface area contributed by atoms with Crippen molar-refractivity contribution in [1.82, 2.24) is 25.1 Å². The third-order valence-corrected chi connectivity index (χ3v) is 11.8. The van der Waals surface area contributed by atoms with E-state index in [0.29, 0.717) is 0 Å². The third-order valence-electron chi connectivity index (χ3n) is 11.8. The highest BCUT2D eigenvalue weighted by Crippen LogP contribution is 2.45. The molecule has 1 aliphatic rings. The summed E-state index contributed by atoms with van der Waals surface area (Å²) >= 11 is 0. The maximum atomic E-state index is 6.72. The number of nitrogens with one attached hydrogen (secondary N) is 3. The molecular weight excluding hydrogens is 699 g/mol. The Morgan fingerprint density at radius 2 is 0.842 bits per heavy atom. The molecule has 272 valence electrons. The van der Waals surface area contributed by atoms with Crippen LogP contribution in [0.2, 0.25) is 0 Å². The fourth-order valence-corrected chi connectivity index (χ4v) is 9.28. The van der Waals surface area contributed by atoms with Crippen molar-refractivity contribution < 1.29 is 4.42 Å². The van der Waals surface area contributed by atoms with Gasteiger partial charge in [-0.15, -0.1) is 0 Å². The van der Waals surface area contributed by atoms with E-state index in [9.17, 15) is 0 Å². The van der Waals surface area contributed by atoms with Crippen molar-refractivity contribution in [3.63, 3.8) is 0 Å². The van der Waals surface area contributed by atoms with Gasteiger partial charge in [-0.3, -0.25) is 16.0 Å². The van der Waals surface area contributed by atoms with Crippen LogP contribution < -0.4 is 16.0 Å². The number of nitrogens with zero attached hydrogens (tertiary/aromatic N) is 2. The van der Waals surface area contributed by atoms with Gasteiger partial charge in [-0.1, -0.05) is 133 Å². The Morgan fingerprint density at radius 3 is 1.51 bits per heavy atom. The molecule has 0 aliphatic carbocycles. The molecule has 2 unspecified atom stereocenters. The van der Waals surface area contributed by atoms with E-state index in [1.807, 2.05) is 6.07 Å². The molecule has 57 heavy (non-hydrogen) atoms. The molecule has 0 saturated carbocycles. The normalized spacial score (nSPS) is 17.4. The van der Waals surface area contributed by atoms with E-state index < -0.39 is 0 Å². The van der Waals surface area contributed by atoms with Crippen LogP contribution in [-0.4, -0.2) is 9.13 Å². The highest BCUT2D eigenvalue weighted by Gasteiger charge is 2.30. The zero-order valence-corrected chi connectivity index (χ0v) is 30.9. The summed E-state index contributed by atoms with van der Waals surface area (Å²) in [6.07, 6.45) is -0.130. The maximum Gasteiger partial charge on any atom is 0.160 e. The highest BCUT2D eigenvalue weighted by molar-refractivity contribution is 6.31. The number of benzene rings is 8. The van der Waals surface area contributed by atoms with Crippen LogP contribution in [-0.2, 0) is 0 Å². The lowest BCUT2D eigenvalue weighted by molar-refractivity contribution is 0.203. The first-order valence-electron chi connectivity index (χ1n) is 19.6. The summed E-state index contributed by atoms with van der Waals surface area (Å²) in [7, 11) is 0. The molecule has 8 aromatic carbocycles. The van der Waals surface area contributed by atoms with Gasteiger partial charge >= 0.3 is 0 Å². The first-order chi connectivity index (χ1) is 28.3. The second-order valence-electron chi connectivity index (χ2n) is 15.0. The van der Waals surface area contributed by atoms with E-state index in [2.05, 4.69) is 207 Å². The summed E-state index contributed by atoms with van der Waals surface area (Å²) in [6.45, 7) is 0. The Bertz CT molecular complexity index is 3230. The fourth-order valence-electron chi connectivity index (χ4n) is 9.28. The van der Waals surface area contributed by atoms with Crippen LogP contribution in [0.5, 0.6) is 0 Å². The van der Waals surface area contributed by atoms with Crippen molar-refractivity contribution in [3.8, 4) is 11.4 Å². The number of furan rings is 1. The minimum absolute atomic E-state index is 0.0270. The zero-order valence-electron chi connectivity index (χ0n) is 30.9. The van der Waals surface area contributed by atoms with Crippen LogP contribution >= 0.6 is 0 Å². The molecule has 6 nitrogen and oxygen atoms in total. The molecule has 2 atom stereocenters. The van der Waals surface area contributed by atoms with Crippen molar-refractivity contribution in [2.45, 2.75) is 18.5 Å². The second kappa shape index (κ2) is 12.8. The Kier molecular flexibility index (Phi) is 7.25. The summed E-state index contributed by atoms with van der Waals surface area (Å²) in [5.74, 6) is 0. The maximum absolute atomic E-state index is 6.72. The Balaban J connectivity index is 1.04. The van der Waals surface area contributed by atoms with Crippen LogP contribution in [0, 0.1) is 0 Å². The topological polar surface area (TPSA) is 59.1 Å². The average Bonchev–Trinajstić information content (AvgIpc) is 3.95. The Labute approximate surface area is 328 Å². The van der Waals surface area contributed by atoms with Gasteiger partial charge in [0.2, 0.25) is 0 Å². The van der Waals surface area contributed by atoms with Gasteiger partial charge in [0.25, 0.3) is 0 Å². The molecule has 0 spiro atoms. The standard InChI is InChI=1S/C51H37N5O/c1-4-14-32(15-5-1)49-52-50(33-16-6-2-7-17-33)54-51(53-49)34-24-26-36(27-25-34)55-41-22-12-10-21-39(41)45-42(55)30-31-43-46(45)40-29-28-38-37-20-11-13-23-44(37)57-48(38)47(40)56(43)35-18-8-3-9-19-35/h1-31,49-54H. The summed E-state index contributed by atoms with van der Waals surface area (Å²) in [6, 6.07) is 67.2. The average molecular weight is 736 g/mol. The highest BCUT2D eigenvalue weighted by atomic mass is 16.3. The van der Waals surface area contributed by atoms with Gasteiger partial charge in [-0.25, -0.2) is 0 Å². The molecule has 4 heterocycles. The summed E-state index contributed by atoms with van der Waals surface area (Å²) < 4.78 is 11.5. The first kappa shape index (κ1) is 32.3. The molecule has 0 radical (unpaired) electrons. The smallest absolute Gasteiger partial charge is 0.160 e. The summed E-state index contributed by atoms with van der Waals surface area (Å²) in [5, 5.41) is 18.6. The number of fused-ring (bicyclic) bond motifs is 11. The Morgan fingerprint density at radius 1 is 0.351 bits per heavy atom. The van der Waals surface area contributed by atoms with Gasteiger partial charge in [0.05, 0.1) is 40.6 Å². The van der Waals surface area contributed by atoms with Crippen LogP contribution in [0.1, 0.15) is 35.2 Å². The molecular formula is C51H37N5O. The van der Waals surface area contributed by atoms with Gasteiger partial charge < -0.3 is 13.6 Å². The van der Waals surface area contributed by atoms with Gasteiger partial charge in [0.1, 0.15) is 5.58 Å². The molecule has 0 bridgehead atoms. The molecule has 1 fully saturated rings. The minimum Gasteiger partial charge on any atom is -0.454 e. The molecule has 0 amide bonds. The monoisotopic (exact) mass is 735 g/mol. The van der Waals surface area contributed by atoms with Crippen molar-refractivity contribution in [2.75, 3.05) is 0 Å². The third kappa shape index (κ3) is 5.02. The first-order valence-corrected chi connectivity index (χ1v) is 19.6. The molecule has 12 rings (SSSR count). The predicted molar refractivity (Wildman–Crippen MR) is 233 cm³/mol. The largest absolute Gasteiger partial charge is 0.454 e. The number of aromatic nitrogens is 2. The van der Waals surface area contributed by atoms with E-state index >= 15 is 0 Å². The number of hydrogen-bond donors (Lipinski definition) is 3. The lowest BCUT2D eigenvalue weighted by Gasteiger charge is -2.39. The van der Waals surface area contributed by atoms with Crippen molar-refractivity contribution in [3.05, 3.63) is 205 Å². The lowest BCUT2D eigenvalue weighted by atomic mass is 10.0. The molecule has 1 aliphatic heterocycles. The van der Waals surface area contributed by atoms with E-state index in [1.165, 1.54) is 49.3 Å². The van der Waals surface area contributed by atoms with E-state index in [4.69, 9.17) is 4.42 Å². The molecule has 3 aromatic heterocycles. The van der Waals surface area contributed by atoms with Gasteiger partial charge in [-0.2, -0.15) is 0 Å². The van der Waals surface area contributed by atoms with Gasteiger partial charge in [-0.05, 0) is 71.3 Å². The van der Waals surface area contributed by atoms with Crippen LogP contribution in [0.25, 0.3) is 76.9 Å². The molecule has 1 saturated heterocycles. The minimum atomic E-state index is -0.0762. The van der Waals surface area contributed by atoms with Gasteiger partial charge in [0, 0.05) is 43.7 Å². The summed E-state index contributed by atoms with van der Waals surface area (Å²) in [5.41, 5.74) is 12.2. The van der Waals surface area contributed by atoms with Crippen molar-refractivity contribution >= 4 is 65.6 Å². The van der Waals surface area contributed by atoms with E-state index in [-0.39, 0.29) is 18.5 Å². The van der Waals surface area contributed by atoms with Crippen LogP contribution in [0.15, 0.2) is 192 Å². The van der Waals surface area contributed by atoms with Crippen LogP contribution in [0.3, 0.4) is 0 Å². The number of hydrogen-bond acceptors (Lipinski definition) is 4. The fraction of sp³-hybridized carbons (Fsp3) is 0.0588. The van der Waals surface area contributed by atoms with Crippen molar-refractivity contribution in [1.29, 1.82) is 0 Å². The molecule has 6 heteroatoms. The second-order valence-corrected chi connectivity index (χ2v) is 15.0. The zero-order chi connectivity index (χ0) is 37.5. The van der Waals surface area contributed by atoms with Crippen molar-refractivity contribution in [2.24, 2.45) is 0 Å². The van der Waals surface area contributed by atoms with E-state index in [1.54, 1.807) is 0 Å². The lowest BCUT2D eigenvalue weighted by Crippen LogP contribution is -2.54. The number of rotatable bonds is 5. The quantitative estimate of drug-likeness (QED) is 0.165. The predicted octanol–water partition coefficient (Wildman–Crippen LogP) is 12.0. The SMILES string of the molecule is c1ccc(C2NC(c3ccccc3)NC(c3ccc(-n4c5ccccc5c5c6c7ccc8c9ccccc9oc8c7n(-c7ccccc7)c6ccc54)cc3)N2)cc1. The van der Waals surface area contributed by atoms with Gasteiger partial charge in [0.15, 0.2) is 5.58 Å². The Hall–Kier alpha value is -6.96. The van der Waals surface area contributed by atoms with Crippen LogP contribution in [0.4, 0.5) is 0 Å². The molecule has 11 aromatic rings.